The fraction of sp³-hybridized carbons (Fsp3) is 0.455. The molecule has 356 valence electrons. The molecule has 0 radical (unpaired) electrons. The van der Waals surface area contributed by atoms with E-state index in [0.29, 0.717) is 60.7 Å². The molecule has 1 aliphatic carbocycles. The highest BCUT2D eigenvalue weighted by Gasteiger charge is 2.63. The summed E-state index contributed by atoms with van der Waals surface area (Å²) in [6.07, 6.45) is 3.15. The second kappa shape index (κ2) is 22.0. The Morgan fingerprint density at radius 1 is 0.985 bits per heavy atom. The maximum atomic E-state index is 14.0. The largest absolute Gasteiger partial charge is 0.489 e. The average molecular weight is 957 g/mol. The molecule has 13 heteroatoms. The van der Waals surface area contributed by atoms with Gasteiger partial charge in [0.1, 0.15) is 36.6 Å². The molecule has 0 bridgehead atoms. The number of benzene rings is 3. The van der Waals surface area contributed by atoms with Crippen molar-refractivity contribution in [1.82, 2.24) is 20.5 Å². The van der Waals surface area contributed by atoms with Crippen LogP contribution in [0.5, 0.6) is 5.75 Å². The number of thiazole rings is 1. The third-order valence-corrected chi connectivity index (χ3v) is 14.3. The van der Waals surface area contributed by atoms with Gasteiger partial charge in [0.25, 0.3) is 0 Å². The molecule has 2 fully saturated rings. The zero-order valence-corrected chi connectivity index (χ0v) is 42.1. The van der Waals surface area contributed by atoms with Crippen molar-refractivity contribution in [1.29, 1.82) is 5.26 Å². The maximum Gasteiger partial charge on any atom is 0.246 e. The summed E-state index contributed by atoms with van der Waals surface area (Å²) in [5, 5.41) is 15.6. The van der Waals surface area contributed by atoms with Crippen LogP contribution in [0, 0.1) is 64.1 Å². The standard InChI is InChI=1S/C55H62ClN5O6S/c1-35(38-21-23-40(24-22-38)48-36(2)58-34-68-48)59-50(64)44-16-14-29-61(44)51(65)49(53(3,4)5)60-47(63)33-66-30-13-11-10-12-15-37-17-19-39(20-18-37)45(62)27-28-46-54(6,7)52(55(46,8)9)67-42-26-25-41(32-57)43(56)31-42/h17-26,31,34-35,44,46,49,52H,10-11,13-14,16,29-30,33H2,1-9H3,(H,59,64)(H,60,63)/t35-,44-,46?,49+,52?/m0/s1. The van der Waals surface area contributed by atoms with Crippen LogP contribution in [0.4, 0.5) is 0 Å². The minimum absolute atomic E-state index is 0.0943. The van der Waals surface area contributed by atoms with Crippen molar-refractivity contribution in [2.24, 2.45) is 22.2 Å². The van der Waals surface area contributed by atoms with Crippen molar-refractivity contribution in [2.45, 2.75) is 119 Å². The first-order chi connectivity index (χ1) is 32.2. The quantitative estimate of drug-likeness (QED) is 0.0518. The van der Waals surface area contributed by atoms with E-state index in [4.69, 9.17) is 21.1 Å². The summed E-state index contributed by atoms with van der Waals surface area (Å²) in [5.74, 6) is 11.8. The number of ketones is 1. The third kappa shape index (κ3) is 12.2. The number of hydrogen-bond donors (Lipinski definition) is 2. The Morgan fingerprint density at radius 3 is 2.32 bits per heavy atom. The van der Waals surface area contributed by atoms with Gasteiger partial charge < -0.3 is 25.0 Å². The van der Waals surface area contributed by atoms with E-state index in [1.54, 1.807) is 46.6 Å². The number of aromatic nitrogens is 1. The molecule has 1 saturated carbocycles. The van der Waals surface area contributed by atoms with E-state index in [1.807, 2.05) is 76.5 Å². The molecule has 3 amide bonds. The molecule has 2 aliphatic rings. The summed E-state index contributed by atoms with van der Waals surface area (Å²) in [6, 6.07) is 20.6. The summed E-state index contributed by atoms with van der Waals surface area (Å²) >= 11 is 7.83. The molecule has 11 nitrogen and oxygen atoms in total. The van der Waals surface area contributed by atoms with Gasteiger partial charge in [0, 0.05) is 53.5 Å². The monoisotopic (exact) mass is 955 g/mol. The number of Topliss-reactive ketones (excluding diaryl/α,β-unsaturated/α-hetero) is 1. The van der Waals surface area contributed by atoms with Gasteiger partial charge in [-0.3, -0.25) is 19.2 Å². The first kappa shape index (κ1) is 51.4. The van der Waals surface area contributed by atoms with Gasteiger partial charge in [-0.05, 0) is 98.4 Å². The number of halogens is 1. The fourth-order valence-electron chi connectivity index (χ4n) is 9.47. The Labute approximate surface area is 410 Å². The van der Waals surface area contributed by atoms with Crippen molar-refractivity contribution in [2.75, 3.05) is 19.8 Å². The van der Waals surface area contributed by atoms with E-state index in [0.717, 1.165) is 33.7 Å². The van der Waals surface area contributed by atoms with Crippen LogP contribution < -0.4 is 15.4 Å². The van der Waals surface area contributed by atoms with E-state index in [2.05, 4.69) is 73.1 Å². The third-order valence-electron chi connectivity index (χ3n) is 13.0. The lowest BCUT2D eigenvalue weighted by Gasteiger charge is -2.61. The fourth-order valence-corrected chi connectivity index (χ4v) is 10.5. The van der Waals surface area contributed by atoms with Gasteiger partial charge in [-0.25, -0.2) is 4.98 Å². The Kier molecular flexibility index (Phi) is 16.6. The van der Waals surface area contributed by atoms with Gasteiger partial charge in [-0.1, -0.05) is 102 Å². The maximum absolute atomic E-state index is 14.0. The summed E-state index contributed by atoms with van der Waals surface area (Å²) in [7, 11) is 0. The lowest BCUT2D eigenvalue weighted by atomic mass is 9.46. The highest BCUT2D eigenvalue weighted by molar-refractivity contribution is 7.13. The zero-order chi connectivity index (χ0) is 49.4. The molecule has 68 heavy (non-hydrogen) atoms. The first-order valence-electron chi connectivity index (χ1n) is 23.2. The molecule has 4 aromatic rings. The number of aryl methyl sites for hydroxylation is 1. The first-order valence-corrected chi connectivity index (χ1v) is 24.5. The smallest absolute Gasteiger partial charge is 0.246 e. The Hall–Kier alpha value is -5.97. The molecule has 6 rings (SSSR count). The van der Waals surface area contributed by atoms with Crippen LogP contribution in [-0.2, 0) is 19.1 Å². The van der Waals surface area contributed by atoms with E-state index < -0.39 is 23.4 Å². The minimum Gasteiger partial charge on any atom is -0.489 e. The van der Waals surface area contributed by atoms with Crippen LogP contribution in [0.1, 0.15) is 126 Å². The number of rotatable bonds is 15. The minimum atomic E-state index is -0.841. The van der Waals surface area contributed by atoms with E-state index in [-0.39, 0.29) is 53.1 Å². The Balaban J connectivity index is 0.904. The number of amides is 3. The summed E-state index contributed by atoms with van der Waals surface area (Å²) in [5.41, 5.74) is 5.24. The number of ether oxygens (including phenoxy) is 2. The highest BCUT2D eigenvalue weighted by atomic mass is 35.5. The number of nitrogens with zero attached hydrogens (tertiary/aromatic N) is 3. The number of carbonyl (C=O) groups is 4. The molecule has 3 aromatic carbocycles. The van der Waals surface area contributed by atoms with E-state index in [9.17, 15) is 24.4 Å². The van der Waals surface area contributed by atoms with Crippen molar-refractivity contribution >= 4 is 46.4 Å². The second-order valence-electron chi connectivity index (χ2n) is 20.0. The molecule has 1 aliphatic heterocycles. The molecule has 3 atom stereocenters. The Morgan fingerprint density at radius 2 is 1.69 bits per heavy atom. The van der Waals surface area contributed by atoms with Crippen LogP contribution >= 0.6 is 22.9 Å². The van der Waals surface area contributed by atoms with Crippen LogP contribution in [0.3, 0.4) is 0 Å². The summed E-state index contributed by atoms with van der Waals surface area (Å²) in [6.45, 7) is 18.5. The lowest BCUT2D eigenvalue weighted by molar-refractivity contribution is -0.172. The summed E-state index contributed by atoms with van der Waals surface area (Å²) in [4.78, 5) is 60.9. The molecule has 2 N–H and O–H groups in total. The topological polar surface area (TPSA) is 151 Å². The predicted octanol–water partition coefficient (Wildman–Crippen LogP) is 9.90. The lowest BCUT2D eigenvalue weighted by Crippen LogP contribution is -2.65. The van der Waals surface area contributed by atoms with Gasteiger partial charge in [-0.15, -0.1) is 11.3 Å². The predicted molar refractivity (Wildman–Crippen MR) is 267 cm³/mol. The Bertz CT molecular complexity index is 2640. The van der Waals surface area contributed by atoms with E-state index in [1.165, 1.54) is 0 Å². The number of hydrogen-bond acceptors (Lipinski definition) is 9. The SMILES string of the molecule is Cc1ncsc1-c1ccc([C@H](C)NC(=O)[C@@H]2CCCN2C(=O)[C@@H](NC(=O)COCCCCC#Cc2ccc(C(=O)C#CC3C(C)(C)C(Oc4ccc(C#N)c(Cl)c4)C3(C)C)cc2)C(C)(C)C)cc1. The number of carbonyl (C=O) groups excluding carboxylic acids is 4. The van der Waals surface area contributed by atoms with E-state index >= 15 is 0 Å². The molecular weight excluding hydrogens is 894 g/mol. The highest BCUT2D eigenvalue weighted by Crippen LogP contribution is 2.60. The van der Waals surface area contributed by atoms with Crippen LogP contribution in [0.2, 0.25) is 5.02 Å². The van der Waals surface area contributed by atoms with Crippen LogP contribution in [0.25, 0.3) is 10.4 Å². The van der Waals surface area contributed by atoms with Gasteiger partial charge in [0.2, 0.25) is 23.5 Å². The summed E-state index contributed by atoms with van der Waals surface area (Å²) < 4.78 is 12.0. The molecule has 0 unspecified atom stereocenters. The van der Waals surface area contributed by atoms with Crippen LogP contribution in [-0.4, -0.2) is 71.3 Å². The van der Waals surface area contributed by atoms with Gasteiger partial charge in [0.15, 0.2) is 0 Å². The van der Waals surface area contributed by atoms with Crippen molar-refractivity contribution in [3.05, 3.63) is 105 Å². The molecule has 2 heterocycles. The zero-order valence-electron chi connectivity index (χ0n) is 40.5. The van der Waals surface area contributed by atoms with Crippen molar-refractivity contribution < 1.29 is 28.7 Å². The average Bonchev–Trinajstić information content (AvgIpc) is 3.97. The van der Waals surface area contributed by atoms with Crippen molar-refractivity contribution in [3.63, 3.8) is 0 Å². The number of likely N-dealkylation sites (tertiary alicyclic amines) is 1. The second-order valence-corrected chi connectivity index (χ2v) is 21.3. The molecule has 1 aromatic heterocycles. The van der Waals surface area contributed by atoms with Crippen molar-refractivity contribution in [3.8, 4) is 45.9 Å². The van der Waals surface area contributed by atoms with Gasteiger partial charge in [0.05, 0.1) is 32.7 Å². The number of nitrogens with one attached hydrogen (secondary N) is 2. The number of unbranched alkanes of at least 4 members (excludes halogenated alkanes) is 2. The molecular formula is C55H62ClN5O6S. The van der Waals surface area contributed by atoms with Crippen LogP contribution in [0.15, 0.2) is 72.2 Å². The van der Waals surface area contributed by atoms with Gasteiger partial charge in [-0.2, -0.15) is 5.26 Å². The normalized spacial score (nSPS) is 18.8. The molecule has 1 saturated heterocycles. The van der Waals surface area contributed by atoms with Gasteiger partial charge >= 0.3 is 0 Å². The molecule has 0 spiro atoms. The number of nitriles is 1.